The maximum Gasteiger partial charge on any atom is 0.248 e. The lowest BCUT2D eigenvalue weighted by molar-refractivity contribution is -0.145. The van der Waals surface area contributed by atoms with Gasteiger partial charge in [0.25, 0.3) is 0 Å². The minimum atomic E-state index is -0.547. The van der Waals surface area contributed by atoms with E-state index in [1.165, 1.54) is 6.92 Å². The van der Waals surface area contributed by atoms with Crippen LogP contribution in [0.2, 0.25) is 0 Å². The highest BCUT2D eigenvalue weighted by molar-refractivity contribution is 6.08. The first-order chi connectivity index (χ1) is 18.8. The predicted molar refractivity (Wildman–Crippen MR) is 146 cm³/mol. The molecule has 10 nitrogen and oxygen atoms in total. The van der Waals surface area contributed by atoms with Crippen molar-refractivity contribution in [3.63, 3.8) is 0 Å². The molecule has 4 aromatic heterocycles. The standard InChI is InChI=1S/C29H27N7O3/c1-17-5-4-6-26(31-17)32-29(39)25-9-10-35(25)28(38)16-34-15-23(19(3)37)22-12-20(7-8-24(22)34)21-13-30-27-11-18(2)33-36(27)14-21/h4-8,11-15,25H,9-10,16H2,1-3H3,(H,31,32,39)/t25-/m0/s1. The summed E-state index contributed by atoms with van der Waals surface area (Å²) in [5.74, 6) is -0.0587. The summed E-state index contributed by atoms with van der Waals surface area (Å²) in [7, 11) is 0. The molecule has 1 aromatic carbocycles. The molecule has 39 heavy (non-hydrogen) atoms. The fraction of sp³-hybridized carbons (Fsp3) is 0.241. The molecule has 1 saturated heterocycles. The summed E-state index contributed by atoms with van der Waals surface area (Å²) in [6.45, 7) is 5.81. The minimum absolute atomic E-state index is 0.0235. The number of nitrogens with zero attached hydrogens (tertiary/aromatic N) is 6. The number of anilines is 1. The number of carbonyl (C=O) groups is 3. The van der Waals surface area contributed by atoms with Crippen molar-refractivity contribution in [1.29, 1.82) is 0 Å². The largest absolute Gasteiger partial charge is 0.337 e. The van der Waals surface area contributed by atoms with Crippen LogP contribution >= 0.6 is 0 Å². The van der Waals surface area contributed by atoms with Crippen molar-refractivity contribution in [2.24, 2.45) is 0 Å². The lowest BCUT2D eigenvalue weighted by atomic mass is 10.0. The predicted octanol–water partition coefficient (Wildman–Crippen LogP) is 3.81. The maximum absolute atomic E-state index is 13.3. The van der Waals surface area contributed by atoms with Crippen molar-refractivity contribution >= 4 is 40.0 Å². The van der Waals surface area contributed by atoms with Crippen LogP contribution in [0.3, 0.4) is 0 Å². The number of aromatic nitrogens is 5. The van der Waals surface area contributed by atoms with Gasteiger partial charge in [0.15, 0.2) is 11.4 Å². The van der Waals surface area contributed by atoms with Gasteiger partial charge in [-0.2, -0.15) is 5.10 Å². The van der Waals surface area contributed by atoms with E-state index in [1.807, 2.05) is 56.4 Å². The van der Waals surface area contributed by atoms with Crippen LogP contribution in [0.5, 0.6) is 0 Å². The smallest absolute Gasteiger partial charge is 0.248 e. The molecule has 0 radical (unpaired) electrons. The van der Waals surface area contributed by atoms with Crippen LogP contribution in [0.25, 0.3) is 27.7 Å². The van der Waals surface area contributed by atoms with Gasteiger partial charge in [-0.3, -0.25) is 14.4 Å². The Hall–Kier alpha value is -4.86. The number of Topliss-reactive ketones (excluding diaryl/α,β-unsaturated/α-hetero) is 1. The number of fused-ring (bicyclic) bond motifs is 2. The number of amides is 2. The van der Waals surface area contributed by atoms with Crippen molar-refractivity contribution in [2.45, 2.75) is 39.8 Å². The van der Waals surface area contributed by atoms with Gasteiger partial charge in [0.1, 0.15) is 18.4 Å². The molecule has 5 aromatic rings. The fourth-order valence-corrected chi connectivity index (χ4v) is 5.05. The van der Waals surface area contributed by atoms with Crippen LogP contribution in [0.15, 0.2) is 61.1 Å². The lowest BCUT2D eigenvalue weighted by Gasteiger charge is -2.39. The quantitative estimate of drug-likeness (QED) is 0.340. The second-order valence-corrected chi connectivity index (χ2v) is 9.93. The first-order valence-corrected chi connectivity index (χ1v) is 12.8. The van der Waals surface area contributed by atoms with Crippen LogP contribution < -0.4 is 5.32 Å². The van der Waals surface area contributed by atoms with Crippen molar-refractivity contribution in [3.05, 3.63) is 78.0 Å². The highest BCUT2D eigenvalue weighted by atomic mass is 16.2. The zero-order valence-corrected chi connectivity index (χ0v) is 21.9. The van der Waals surface area contributed by atoms with Crippen LogP contribution in [0.1, 0.15) is 35.1 Å². The molecule has 0 aliphatic carbocycles. The first kappa shape index (κ1) is 24.5. The van der Waals surface area contributed by atoms with Crippen molar-refractivity contribution in [2.75, 3.05) is 11.9 Å². The van der Waals surface area contributed by atoms with Gasteiger partial charge in [-0.1, -0.05) is 12.1 Å². The molecule has 1 aliphatic rings. The third-order valence-electron chi connectivity index (χ3n) is 7.12. The van der Waals surface area contributed by atoms with E-state index in [2.05, 4.69) is 20.4 Å². The molecule has 196 valence electrons. The Labute approximate surface area is 224 Å². The second-order valence-electron chi connectivity index (χ2n) is 9.93. The molecule has 1 aliphatic heterocycles. The summed E-state index contributed by atoms with van der Waals surface area (Å²) in [4.78, 5) is 49.0. The molecule has 0 saturated carbocycles. The van der Waals surface area contributed by atoms with Gasteiger partial charge in [0.05, 0.1) is 5.69 Å². The number of hydrogen-bond donors (Lipinski definition) is 1. The second kappa shape index (κ2) is 9.46. The third kappa shape index (κ3) is 4.54. The number of carbonyl (C=O) groups excluding carboxylic acids is 3. The molecule has 1 N–H and O–H groups in total. The first-order valence-electron chi connectivity index (χ1n) is 12.8. The van der Waals surface area contributed by atoms with Gasteiger partial charge in [-0.05, 0) is 57.0 Å². The number of likely N-dealkylation sites (tertiary alicyclic amines) is 1. The Kier molecular flexibility index (Phi) is 5.94. The van der Waals surface area contributed by atoms with Crippen LogP contribution in [-0.4, -0.2) is 59.2 Å². The van der Waals surface area contributed by atoms with Gasteiger partial charge in [-0.25, -0.2) is 14.5 Å². The van der Waals surface area contributed by atoms with Crippen LogP contribution in [0, 0.1) is 13.8 Å². The molecule has 0 unspecified atom stereocenters. The van der Waals surface area contributed by atoms with E-state index in [-0.39, 0.29) is 24.1 Å². The van der Waals surface area contributed by atoms with E-state index in [0.717, 1.165) is 39.1 Å². The highest BCUT2D eigenvalue weighted by Crippen LogP contribution is 2.29. The molecular weight excluding hydrogens is 494 g/mol. The van der Waals surface area contributed by atoms with E-state index < -0.39 is 6.04 Å². The van der Waals surface area contributed by atoms with Crippen LogP contribution in [-0.2, 0) is 16.1 Å². The average Bonchev–Trinajstić information content (AvgIpc) is 3.41. The molecule has 6 rings (SSSR count). The Bertz CT molecular complexity index is 1780. The Balaban J connectivity index is 1.25. The van der Waals surface area contributed by atoms with Crippen molar-refractivity contribution < 1.29 is 14.4 Å². The third-order valence-corrected chi connectivity index (χ3v) is 7.12. The van der Waals surface area contributed by atoms with E-state index in [9.17, 15) is 14.4 Å². The number of ketones is 1. The number of rotatable bonds is 6. The molecule has 1 fully saturated rings. The molecule has 2 amide bonds. The summed E-state index contributed by atoms with van der Waals surface area (Å²) in [6, 6.07) is 12.6. The topological polar surface area (TPSA) is 114 Å². The number of benzene rings is 1. The number of pyridine rings is 1. The van der Waals surface area contributed by atoms with Gasteiger partial charge >= 0.3 is 0 Å². The summed E-state index contributed by atoms with van der Waals surface area (Å²) in [5.41, 5.74) is 5.50. The molecule has 1 atom stereocenters. The van der Waals surface area contributed by atoms with E-state index >= 15 is 0 Å². The summed E-state index contributed by atoms with van der Waals surface area (Å²) >= 11 is 0. The van der Waals surface area contributed by atoms with Crippen molar-refractivity contribution in [3.8, 4) is 11.1 Å². The molecule has 10 heteroatoms. The maximum atomic E-state index is 13.3. The molecule has 0 spiro atoms. The number of nitrogens with one attached hydrogen (secondary N) is 1. The van der Waals surface area contributed by atoms with E-state index in [4.69, 9.17) is 0 Å². The number of aryl methyl sites for hydroxylation is 2. The number of hydrogen-bond acceptors (Lipinski definition) is 6. The molecule has 0 bridgehead atoms. The van der Waals surface area contributed by atoms with Gasteiger partial charge in [0.2, 0.25) is 11.8 Å². The zero-order valence-electron chi connectivity index (χ0n) is 21.9. The average molecular weight is 522 g/mol. The molecule has 5 heterocycles. The Morgan fingerprint density at radius 3 is 2.62 bits per heavy atom. The normalized spacial score (nSPS) is 14.9. The van der Waals surface area contributed by atoms with E-state index in [0.29, 0.717) is 24.3 Å². The zero-order chi connectivity index (χ0) is 27.3. The van der Waals surface area contributed by atoms with Crippen LogP contribution in [0.4, 0.5) is 5.82 Å². The van der Waals surface area contributed by atoms with Gasteiger partial charge in [0, 0.05) is 58.9 Å². The lowest BCUT2D eigenvalue weighted by Crippen LogP contribution is -2.57. The SMILES string of the molecule is CC(=O)c1cn(CC(=O)N2CC[C@H]2C(=O)Nc2cccc(C)n2)c2ccc(-c3cnc4cc(C)nn4c3)cc12. The Morgan fingerprint density at radius 2 is 1.87 bits per heavy atom. The Morgan fingerprint density at radius 1 is 1.03 bits per heavy atom. The minimum Gasteiger partial charge on any atom is -0.337 e. The fourth-order valence-electron chi connectivity index (χ4n) is 5.05. The summed E-state index contributed by atoms with van der Waals surface area (Å²) in [6.07, 6.45) is 6.00. The monoisotopic (exact) mass is 521 g/mol. The van der Waals surface area contributed by atoms with Crippen molar-refractivity contribution in [1.82, 2.24) is 29.0 Å². The summed E-state index contributed by atoms with van der Waals surface area (Å²) < 4.78 is 3.52. The van der Waals surface area contributed by atoms with Gasteiger partial charge in [-0.15, -0.1) is 0 Å². The molecular formula is C29H27N7O3. The van der Waals surface area contributed by atoms with E-state index in [1.54, 1.807) is 32.4 Å². The summed E-state index contributed by atoms with van der Waals surface area (Å²) in [5, 5.41) is 8.01. The highest BCUT2D eigenvalue weighted by Gasteiger charge is 2.37. The van der Waals surface area contributed by atoms with Gasteiger partial charge < -0.3 is 14.8 Å².